The Bertz CT molecular complexity index is 780. The lowest BCUT2D eigenvalue weighted by Gasteiger charge is -2.31. The first-order valence-electron chi connectivity index (χ1n) is 12.0. The number of benzene rings is 1. The quantitative estimate of drug-likeness (QED) is 0.547. The third-order valence-corrected chi connectivity index (χ3v) is 6.08. The van der Waals surface area contributed by atoms with Crippen LogP contribution in [0, 0.1) is 17.8 Å². The highest BCUT2D eigenvalue weighted by molar-refractivity contribution is 5.86. The van der Waals surface area contributed by atoms with Gasteiger partial charge in [-0.1, -0.05) is 44.2 Å². The SMILES string of the molecule is CC(C)C1CCC(C(=O)N[C@H](Cc2ccccc2)C(=O)OCC(N)C(=O)OC(C)(C)C)CC1. The van der Waals surface area contributed by atoms with Crippen LogP contribution in [0.3, 0.4) is 0 Å². The minimum atomic E-state index is -1.09. The van der Waals surface area contributed by atoms with Gasteiger partial charge in [0.1, 0.15) is 24.3 Å². The van der Waals surface area contributed by atoms with Crippen molar-refractivity contribution in [1.82, 2.24) is 5.32 Å². The molecule has 184 valence electrons. The van der Waals surface area contributed by atoms with Crippen molar-refractivity contribution in [3.8, 4) is 0 Å². The van der Waals surface area contributed by atoms with Gasteiger partial charge in [0.25, 0.3) is 0 Å². The third kappa shape index (κ3) is 9.16. The number of hydrogen-bond donors (Lipinski definition) is 2. The van der Waals surface area contributed by atoms with Crippen molar-refractivity contribution in [2.45, 2.75) is 84.4 Å². The van der Waals surface area contributed by atoms with Crippen LogP contribution in [0.4, 0.5) is 0 Å². The van der Waals surface area contributed by atoms with E-state index < -0.39 is 29.6 Å². The van der Waals surface area contributed by atoms with Crippen LogP contribution in [-0.2, 0) is 30.3 Å². The summed E-state index contributed by atoms with van der Waals surface area (Å²) < 4.78 is 10.6. The second kappa shape index (κ2) is 12.2. The maximum absolute atomic E-state index is 13.0. The molecule has 1 amide bonds. The zero-order chi connectivity index (χ0) is 24.6. The average molecular weight is 461 g/mol. The second-order valence-corrected chi connectivity index (χ2v) is 10.4. The summed E-state index contributed by atoms with van der Waals surface area (Å²) in [6.45, 7) is 9.35. The number of amides is 1. The molecule has 0 aromatic heterocycles. The predicted octanol–water partition coefficient (Wildman–Crippen LogP) is 3.39. The highest BCUT2D eigenvalue weighted by atomic mass is 16.6. The first kappa shape index (κ1) is 26.8. The summed E-state index contributed by atoms with van der Waals surface area (Å²) in [4.78, 5) is 37.9. The van der Waals surface area contributed by atoms with Crippen molar-refractivity contribution >= 4 is 17.8 Å². The smallest absolute Gasteiger partial charge is 0.329 e. The van der Waals surface area contributed by atoms with Crippen LogP contribution in [0.15, 0.2) is 30.3 Å². The molecule has 1 fully saturated rings. The van der Waals surface area contributed by atoms with Gasteiger partial charge in [-0.05, 0) is 63.9 Å². The van der Waals surface area contributed by atoms with Gasteiger partial charge in [0.15, 0.2) is 0 Å². The van der Waals surface area contributed by atoms with E-state index in [-0.39, 0.29) is 18.4 Å². The van der Waals surface area contributed by atoms with Crippen LogP contribution >= 0.6 is 0 Å². The van der Waals surface area contributed by atoms with Crippen LogP contribution in [0.1, 0.15) is 65.9 Å². The molecule has 1 aliphatic rings. The van der Waals surface area contributed by atoms with E-state index in [9.17, 15) is 14.4 Å². The van der Waals surface area contributed by atoms with E-state index in [1.807, 2.05) is 30.3 Å². The van der Waals surface area contributed by atoms with Crippen LogP contribution < -0.4 is 11.1 Å². The van der Waals surface area contributed by atoms with Crippen molar-refractivity contribution in [1.29, 1.82) is 0 Å². The maximum atomic E-state index is 13.0. The lowest BCUT2D eigenvalue weighted by atomic mass is 9.76. The molecule has 0 spiro atoms. The summed E-state index contributed by atoms with van der Waals surface area (Å²) in [6.07, 6.45) is 3.99. The Morgan fingerprint density at radius 2 is 1.64 bits per heavy atom. The Labute approximate surface area is 197 Å². The molecule has 0 saturated heterocycles. The van der Waals surface area contributed by atoms with Crippen molar-refractivity contribution in [3.63, 3.8) is 0 Å². The Morgan fingerprint density at radius 3 is 2.18 bits per heavy atom. The minimum Gasteiger partial charge on any atom is -0.462 e. The molecule has 3 N–H and O–H groups in total. The molecule has 0 aliphatic heterocycles. The summed E-state index contributed by atoms with van der Waals surface area (Å²) in [6, 6.07) is 7.50. The summed E-state index contributed by atoms with van der Waals surface area (Å²) in [5.74, 6) is -0.206. The van der Waals surface area contributed by atoms with Gasteiger partial charge >= 0.3 is 11.9 Å². The van der Waals surface area contributed by atoms with Gasteiger partial charge in [0.05, 0.1) is 0 Å². The van der Waals surface area contributed by atoms with Crippen molar-refractivity contribution in [2.75, 3.05) is 6.61 Å². The van der Waals surface area contributed by atoms with E-state index in [1.54, 1.807) is 20.8 Å². The molecule has 0 heterocycles. The van der Waals surface area contributed by atoms with Gasteiger partial charge in [0.2, 0.25) is 5.91 Å². The second-order valence-electron chi connectivity index (χ2n) is 10.4. The van der Waals surface area contributed by atoms with E-state index >= 15 is 0 Å². The third-order valence-electron chi connectivity index (χ3n) is 6.08. The fraction of sp³-hybridized carbons (Fsp3) is 0.654. The fourth-order valence-corrected chi connectivity index (χ4v) is 4.10. The van der Waals surface area contributed by atoms with Crippen LogP contribution in [-0.4, -0.2) is 42.1 Å². The Hall–Kier alpha value is -2.41. The Morgan fingerprint density at radius 1 is 1.03 bits per heavy atom. The highest BCUT2D eigenvalue weighted by Crippen LogP contribution is 2.33. The lowest BCUT2D eigenvalue weighted by Crippen LogP contribution is -2.48. The lowest BCUT2D eigenvalue weighted by molar-refractivity contribution is -0.160. The Kier molecular flexibility index (Phi) is 9.89. The fourth-order valence-electron chi connectivity index (χ4n) is 4.10. The molecule has 33 heavy (non-hydrogen) atoms. The standard InChI is InChI=1S/C26H40N2O5/c1-17(2)19-11-13-20(14-12-19)23(29)28-22(15-18-9-7-6-8-10-18)25(31)32-16-21(27)24(30)33-26(3,4)5/h6-10,17,19-22H,11-16,27H2,1-5H3,(H,28,29)/t19?,20?,21?,22-/m1/s1. The van der Waals surface area contributed by atoms with Crippen LogP contribution in [0.5, 0.6) is 0 Å². The van der Waals surface area contributed by atoms with Gasteiger partial charge in [0, 0.05) is 12.3 Å². The normalized spacial score (nSPS) is 20.6. The zero-order valence-electron chi connectivity index (χ0n) is 20.6. The summed E-state index contributed by atoms with van der Waals surface area (Å²) in [5.41, 5.74) is 6.06. The number of nitrogens with one attached hydrogen (secondary N) is 1. The topological polar surface area (TPSA) is 108 Å². The first-order valence-corrected chi connectivity index (χ1v) is 12.0. The first-order chi connectivity index (χ1) is 15.5. The highest BCUT2D eigenvalue weighted by Gasteiger charge is 2.32. The molecule has 0 radical (unpaired) electrons. The van der Waals surface area contributed by atoms with Gasteiger partial charge in [-0.2, -0.15) is 0 Å². The number of ether oxygens (including phenoxy) is 2. The Balaban J connectivity index is 1.99. The molecule has 7 heteroatoms. The average Bonchev–Trinajstić information content (AvgIpc) is 2.76. The number of carbonyl (C=O) groups is 3. The van der Waals surface area contributed by atoms with E-state index in [1.165, 1.54) is 0 Å². The molecule has 2 rings (SSSR count). The van der Waals surface area contributed by atoms with Crippen molar-refractivity contribution in [3.05, 3.63) is 35.9 Å². The predicted molar refractivity (Wildman–Crippen MR) is 127 cm³/mol. The molecule has 1 saturated carbocycles. The molecule has 2 atom stereocenters. The van der Waals surface area contributed by atoms with Gasteiger partial charge in [-0.15, -0.1) is 0 Å². The zero-order valence-corrected chi connectivity index (χ0v) is 20.6. The van der Waals surface area contributed by atoms with E-state index in [2.05, 4.69) is 19.2 Å². The van der Waals surface area contributed by atoms with Crippen LogP contribution in [0.25, 0.3) is 0 Å². The number of rotatable bonds is 9. The monoisotopic (exact) mass is 460 g/mol. The number of hydrogen-bond acceptors (Lipinski definition) is 6. The van der Waals surface area contributed by atoms with Gasteiger partial charge in [-0.25, -0.2) is 4.79 Å². The summed E-state index contributed by atoms with van der Waals surface area (Å²) in [7, 11) is 0. The van der Waals surface area contributed by atoms with E-state index in [0.717, 1.165) is 31.2 Å². The van der Waals surface area contributed by atoms with Crippen LogP contribution in [0.2, 0.25) is 0 Å². The molecule has 0 bridgehead atoms. The minimum absolute atomic E-state index is 0.102. The van der Waals surface area contributed by atoms with Crippen molar-refractivity contribution in [2.24, 2.45) is 23.5 Å². The molecular weight excluding hydrogens is 420 g/mol. The molecule has 1 aliphatic carbocycles. The summed E-state index contributed by atoms with van der Waals surface area (Å²) in [5, 5.41) is 2.90. The number of esters is 2. The van der Waals surface area contributed by atoms with E-state index in [4.69, 9.17) is 15.2 Å². The summed E-state index contributed by atoms with van der Waals surface area (Å²) >= 11 is 0. The van der Waals surface area contributed by atoms with Gasteiger partial charge < -0.3 is 20.5 Å². The maximum Gasteiger partial charge on any atom is 0.329 e. The van der Waals surface area contributed by atoms with Gasteiger partial charge in [-0.3, -0.25) is 9.59 Å². The molecular formula is C26H40N2O5. The molecule has 1 aromatic rings. The van der Waals surface area contributed by atoms with E-state index in [0.29, 0.717) is 18.3 Å². The molecule has 1 unspecified atom stereocenters. The molecule has 1 aromatic carbocycles. The number of carbonyl (C=O) groups excluding carboxylic acids is 3. The number of nitrogens with two attached hydrogens (primary N) is 1. The molecule has 7 nitrogen and oxygen atoms in total. The van der Waals surface area contributed by atoms with Crippen molar-refractivity contribution < 1.29 is 23.9 Å². The largest absolute Gasteiger partial charge is 0.462 e.